The van der Waals surface area contributed by atoms with Crippen molar-refractivity contribution in [1.82, 2.24) is 9.80 Å². The smallest absolute Gasteiger partial charge is 0.255 e. The van der Waals surface area contributed by atoms with E-state index in [9.17, 15) is 34.8 Å². The number of ketones is 2. The van der Waals surface area contributed by atoms with Gasteiger partial charge in [-0.25, -0.2) is 0 Å². The summed E-state index contributed by atoms with van der Waals surface area (Å²) in [6, 6.07) is 0.773. The monoisotopic (exact) mass is 585 g/mol. The molecular weight excluding hydrogens is 546 g/mol. The Labute approximate surface area is 244 Å². The van der Waals surface area contributed by atoms with Crippen molar-refractivity contribution in [3.8, 4) is 5.75 Å². The first-order valence-electron chi connectivity index (χ1n) is 13.5. The molecule has 13 nitrogen and oxygen atoms in total. The maximum atomic E-state index is 14.1. The lowest BCUT2D eigenvalue weighted by molar-refractivity contribution is -0.148. The molecule has 3 aliphatic carbocycles. The van der Waals surface area contributed by atoms with E-state index in [1.54, 1.807) is 21.0 Å². The van der Waals surface area contributed by atoms with Crippen LogP contribution < -0.4 is 10.6 Å². The molecule has 0 saturated carbocycles. The van der Waals surface area contributed by atoms with E-state index in [1.807, 2.05) is 37.0 Å². The molecule has 0 saturated heterocycles. The summed E-state index contributed by atoms with van der Waals surface area (Å²) in [5.41, 5.74) is 4.10. The molecular formula is C29H39N5O8. The van der Waals surface area contributed by atoms with Gasteiger partial charge < -0.3 is 35.9 Å². The number of amides is 1. The molecule has 1 aromatic carbocycles. The van der Waals surface area contributed by atoms with Gasteiger partial charge in [-0.15, -0.1) is 0 Å². The second kappa shape index (κ2) is 11.0. The first kappa shape index (κ1) is 31.0. The molecule has 0 aromatic heterocycles. The van der Waals surface area contributed by atoms with E-state index in [4.69, 9.17) is 10.6 Å². The van der Waals surface area contributed by atoms with E-state index >= 15 is 0 Å². The molecule has 0 heterocycles. The van der Waals surface area contributed by atoms with Crippen LogP contribution in [0.4, 0.5) is 5.69 Å². The molecule has 0 spiro atoms. The Bertz CT molecular complexity index is 1450. The van der Waals surface area contributed by atoms with E-state index in [0.717, 1.165) is 0 Å². The molecule has 0 fully saturated rings. The number of carbonyl (C=O) groups excluding carboxylic acids is 3. The number of rotatable bonds is 8. The molecule has 42 heavy (non-hydrogen) atoms. The summed E-state index contributed by atoms with van der Waals surface area (Å²) in [5, 5.41) is 49.6. The van der Waals surface area contributed by atoms with Crippen molar-refractivity contribution in [2.45, 2.75) is 38.0 Å². The summed E-state index contributed by atoms with van der Waals surface area (Å²) in [5.74, 6) is -6.72. The Morgan fingerprint density at radius 1 is 1.17 bits per heavy atom. The van der Waals surface area contributed by atoms with Crippen LogP contribution in [0.1, 0.15) is 34.8 Å². The molecule has 6 N–H and O–H groups in total. The highest BCUT2D eigenvalue weighted by Gasteiger charge is 2.63. The zero-order valence-corrected chi connectivity index (χ0v) is 24.9. The average molecular weight is 586 g/mol. The zero-order chi connectivity index (χ0) is 31.4. The highest BCUT2D eigenvalue weighted by molar-refractivity contribution is 6.25. The number of allylic oxidation sites excluding steroid dienone is 1. The number of fused-ring (bicyclic) bond motifs is 3. The summed E-state index contributed by atoms with van der Waals surface area (Å²) in [6.45, 7) is 2.47. The van der Waals surface area contributed by atoms with Gasteiger partial charge in [-0.1, -0.05) is 5.16 Å². The molecule has 4 atom stereocenters. The summed E-state index contributed by atoms with van der Waals surface area (Å²) in [4.78, 5) is 49.9. The van der Waals surface area contributed by atoms with Crippen LogP contribution >= 0.6 is 0 Å². The third kappa shape index (κ3) is 4.71. The number of aromatic hydroxyl groups is 1. The number of anilines is 1. The van der Waals surface area contributed by atoms with Crippen LogP contribution in [0.15, 0.2) is 33.9 Å². The number of primary amides is 1. The highest BCUT2D eigenvalue weighted by atomic mass is 16.6. The number of aliphatic hydroxyl groups is 3. The van der Waals surface area contributed by atoms with Crippen LogP contribution in [0.2, 0.25) is 0 Å². The van der Waals surface area contributed by atoms with Crippen molar-refractivity contribution in [3.63, 3.8) is 0 Å². The number of Topliss-reactive ketones (excluding diaryl/α,β-unsaturated/α-hetero) is 2. The predicted octanol–water partition coefficient (Wildman–Crippen LogP) is 0.641. The Morgan fingerprint density at radius 2 is 1.81 bits per heavy atom. The van der Waals surface area contributed by atoms with Gasteiger partial charge >= 0.3 is 0 Å². The van der Waals surface area contributed by atoms with Crippen LogP contribution in [0.25, 0.3) is 0 Å². The number of phenolic OH excluding ortho intramolecular Hbond substituents is 1. The lowest BCUT2D eigenvalue weighted by Crippen LogP contribution is -2.63. The standard InChI is InChI=1S/C29H39N5O8/c1-13(31-42-7)11-34(6)12-15-10-18(32(2)3)16-8-14-9-17-22(33(4)5)25(37)21(28(30)40)27(39)29(17,41)26(38)19(14)24(36)20(16)23(15)35/h10,14,17,22,35,37-38,41H,8-9,11-12H2,1-7H3,(H2,30,40)/b31-13+/t14-,17-,22-,29-/m0/s1. The minimum Gasteiger partial charge on any atom is -0.510 e. The van der Waals surface area contributed by atoms with E-state index < -0.39 is 58.0 Å². The van der Waals surface area contributed by atoms with Crippen LogP contribution in [-0.4, -0.2) is 114 Å². The molecule has 0 aliphatic heterocycles. The highest BCUT2D eigenvalue weighted by Crippen LogP contribution is 2.53. The lowest BCUT2D eigenvalue weighted by atomic mass is 9.58. The van der Waals surface area contributed by atoms with Gasteiger partial charge in [0, 0.05) is 49.9 Å². The number of hydrogen-bond donors (Lipinski definition) is 5. The topological polar surface area (TPSA) is 189 Å². The Morgan fingerprint density at radius 3 is 2.36 bits per heavy atom. The van der Waals surface area contributed by atoms with Crippen molar-refractivity contribution < 1.29 is 39.6 Å². The van der Waals surface area contributed by atoms with Crippen molar-refractivity contribution in [2.75, 3.05) is 53.8 Å². The fourth-order valence-electron chi connectivity index (χ4n) is 6.79. The van der Waals surface area contributed by atoms with Crippen LogP contribution in [0.3, 0.4) is 0 Å². The zero-order valence-electron chi connectivity index (χ0n) is 24.9. The van der Waals surface area contributed by atoms with Crippen molar-refractivity contribution in [2.24, 2.45) is 22.7 Å². The Kier molecular flexibility index (Phi) is 8.15. The third-order valence-corrected chi connectivity index (χ3v) is 8.45. The van der Waals surface area contributed by atoms with Gasteiger partial charge in [-0.2, -0.15) is 0 Å². The minimum absolute atomic E-state index is 0.0207. The summed E-state index contributed by atoms with van der Waals surface area (Å²) in [6.07, 6.45) is 0.243. The Balaban J connectivity index is 1.88. The van der Waals surface area contributed by atoms with Gasteiger partial charge in [0.15, 0.2) is 11.4 Å². The lowest BCUT2D eigenvalue weighted by Gasteiger charge is -2.50. The SMILES string of the molecule is CO/N=C(\C)CN(C)Cc1cc(N(C)C)c2c(c1O)C(=O)C1=C(O)[C@]3(O)C(=O)C(C(N)=O)=C(O)[C@@H](N(C)C)[C@@H]3C[C@@H]1C2. The number of likely N-dealkylation sites (N-methyl/N-ethyl adjacent to an activating group) is 1. The van der Waals surface area contributed by atoms with Crippen molar-refractivity contribution in [1.29, 1.82) is 0 Å². The van der Waals surface area contributed by atoms with Crippen LogP contribution in [-0.2, 0) is 27.4 Å². The van der Waals surface area contributed by atoms with E-state index in [0.29, 0.717) is 29.1 Å². The molecule has 3 aliphatic rings. The van der Waals surface area contributed by atoms with E-state index in [1.165, 1.54) is 12.0 Å². The molecule has 1 aromatic rings. The van der Waals surface area contributed by atoms with Crippen molar-refractivity contribution >= 4 is 28.9 Å². The first-order chi connectivity index (χ1) is 19.6. The Hall–Kier alpha value is -3.94. The van der Waals surface area contributed by atoms with Gasteiger partial charge in [0.05, 0.1) is 17.3 Å². The summed E-state index contributed by atoms with van der Waals surface area (Å²) in [7, 11) is 10.1. The van der Waals surface area contributed by atoms with Gasteiger partial charge in [0.1, 0.15) is 30.0 Å². The fourth-order valence-corrected chi connectivity index (χ4v) is 6.79. The molecule has 1 amide bonds. The molecule has 0 bridgehead atoms. The number of nitrogens with two attached hydrogens (primary N) is 1. The molecule has 0 radical (unpaired) electrons. The summed E-state index contributed by atoms with van der Waals surface area (Å²) >= 11 is 0. The van der Waals surface area contributed by atoms with Gasteiger partial charge in [-0.05, 0) is 58.5 Å². The first-order valence-corrected chi connectivity index (χ1v) is 13.5. The van der Waals surface area contributed by atoms with Crippen LogP contribution in [0, 0.1) is 11.8 Å². The number of nitrogens with zero attached hydrogens (tertiary/aromatic N) is 4. The van der Waals surface area contributed by atoms with Gasteiger partial charge in [0.2, 0.25) is 5.78 Å². The second-order valence-corrected chi connectivity index (χ2v) is 11.8. The molecule has 228 valence electrons. The normalized spacial score (nSPS) is 26.0. The number of benzene rings is 1. The number of aliphatic hydroxyl groups excluding tert-OH is 2. The second-order valence-electron chi connectivity index (χ2n) is 11.8. The van der Waals surface area contributed by atoms with E-state index in [-0.39, 0.29) is 36.3 Å². The van der Waals surface area contributed by atoms with E-state index in [2.05, 4.69) is 5.16 Å². The maximum absolute atomic E-state index is 14.1. The number of carbonyl (C=O) groups is 3. The van der Waals surface area contributed by atoms with Crippen LogP contribution in [0.5, 0.6) is 5.75 Å². The molecule has 0 unspecified atom stereocenters. The summed E-state index contributed by atoms with van der Waals surface area (Å²) < 4.78 is 0. The average Bonchev–Trinajstić information content (AvgIpc) is 2.87. The number of oxime groups is 1. The quantitative estimate of drug-likeness (QED) is 0.164. The fraction of sp³-hybridized carbons (Fsp3) is 0.517. The third-order valence-electron chi connectivity index (χ3n) is 8.45. The number of hydrogen-bond acceptors (Lipinski definition) is 12. The number of phenols is 1. The molecule has 4 rings (SSSR count). The predicted molar refractivity (Wildman–Crippen MR) is 154 cm³/mol. The van der Waals surface area contributed by atoms with Gasteiger partial charge in [0.25, 0.3) is 5.91 Å². The molecule has 13 heteroatoms. The van der Waals surface area contributed by atoms with Gasteiger partial charge in [-0.3, -0.25) is 24.2 Å². The maximum Gasteiger partial charge on any atom is 0.255 e. The van der Waals surface area contributed by atoms with Crippen molar-refractivity contribution in [3.05, 3.63) is 45.4 Å². The largest absolute Gasteiger partial charge is 0.510 e. The minimum atomic E-state index is -2.68.